The van der Waals surface area contributed by atoms with Crippen LogP contribution in [-0.4, -0.2) is 47.4 Å². The predicted molar refractivity (Wildman–Crippen MR) is 379 cm³/mol. The van der Waals surface area contributed by atoms with Gasteiger partial charge in [0.15, 0.2) is 0 Å². The molecule has 1 amide bonds. The van der Waals surface area contributed by atoms with E-state index in [0.717, 1.165) is 51.4 Å². The second-order valence-corrected chi connectivity index (χ2v) is 27.0. The van der Waals surface area contributed by atoms with E-state index in [0.29, 0.717) is 19.4 Å². The predicted octanol–water partition coefficient (Wildman–Crippen LogP) is 25.8. The van der Waals surface area contributed by atoms with Gasteiger partial charge in [-0.05, 0) is 64.2 Å². The molecule has 0 spiro atoms. The third-order valence-electron chi connectivity index (χ3n) is 18.4. The Morgan fingerprint density at radius 1 is 0.326 bits per heavy atom. The molecule has 0 aromatic carbocycles. The van der Waals surface area contributed by atoms with Crippen LogP contribution in [-0.2, 0) is 14.3 Å². The van der Waals surface area contributed by atoms with E-state index in [1.54, 1.807) is 6.08 Å². The Morgan fingerprint density at radius 2 is 0.581 bits per heavy atom. The number of amides is 1. The Balaban J connectivity index is 3.38. The molecule has 0 bridgehead atoms. The summed E-state index contributed by atoms with van der Waals surface area (Å²) in [6.45, 7) is 4.93. The quantitative estimate of drug-likeness (QED) is 0.0320. The van der Waals surface area contributed by atoms with Crippen molar-refractivity contribution in [3.8, 4) is 0 Å². The minimum Gasteiger partial charge on any atom is -0.466 e. The first-order valence-corrected chi connectivity index (χ1v) is 39.3. The van der Waals surface area contributed by atoms with E-state index < -0.39 is 12.1 Å². The van der Waals surface area contributed by atoms with Crippen molar-refractivity contribution < 1.29 is 24.5 Å². The molecule has 86 heavy (non-hydrogen) atoms. The first-order chi connectivity index (χ1) is 42.5. The zero-order chi connectivity index (χ0) is 62.0. The number of rotatable bonds is 74. The lowest BCUT2D eigenvalue weighted by atomic mass is 10.0. The van der Waals surface area contributed by atoms with E-state index in [9.17, 15) is 19.8 Å². The molecule has 6 heteroatoms. The Bertz CT molecular complexity index is 1390. The van der Waals surface area contributed by atoms with Gasteiger partial charge in [-0.3, -0.25) is 9.59 Å². The van der Waals surface area contributed by atoms with Crippen LogP contribution in [0.2, 0.25) is 0 Å². The molecule has 0 aliphatic rings. The number of aliphatic hydroxyl groups is 2. The fourth-order valence-electron chi connectivity index (χ4n) is 12.4. The maximum Gasteiger partial charge on any atom is 0.305 e. The average Bonchev–Trinajstić information content (AvgIpc) is 3.53. The van der Waals surface area contributed by atoms with E-state index in [1.807, 2.05) is 6.08 Å². The molecule has 0 saturated heterocycles. The number of allylic oxidation sites excluding steroid dienone is 5. The highest BCUT2D eigenvalue weighted by Crippen LogP contribution is 2.20. The summed E-state index contributed by atoms with van der Waals surface area (Å²) in [5, 5.41) is 23.3. The van der Waals surface area contributed by atoms with Gasteiger partial charge in [0.1, 0.15) is 0 Å². The Morgan fingerprint density at radius 3 is 0.895 bits per heavy atom. The zero-order valence-corrected chi connectivity index (χ0v) is 58.3. The van der Waals surface area contributed by atoms with Crippen molar-refractivity contribution in [2.24, 2.45) is 0 Å². The first kappa shape index (κ1) is 84.1. The Labute approximate surface area is 538 Å². The highest BCUT2D eigenvalue weighted by atomic mass is 16.5. The summed E-state index contributed by atoms with van der Waals surface area (Å²) < 4.78 is 5.50. The molecule has 3 N–H and O–H groups in total. The fraction of sp³-hybridized carbons (Fsp3) is 0.900. The number of nitrogens with one attached hydrogen (secondary N) is 1. The number of unbranched alkanes of at least 4 members (excludes halogenated alkanes) is 59. The number of esters is 1. The van der Waals surface area contributed by atoms with Gasteiger partial charge in [-0.2, -0.15) is 0 Å². The third-order valence-corrected chi connectivity index (χ3v) is 18.4. The standard InChI is InChI=1S/C80H153NO5/c1-3-5-7-9-11-13-15-17-19-21-22-23-24-29-32-35-38-41-44-48-52-56-60-64-68-72-78(83)77(76-82)81-79(84)73-69-65-61-57-53-49-45-42-39-36-33-30-27-25-26-28-31-34-37-40-43-47-51-55-59-63-67-71-75-86-80(85)74-70-66-62-58-54-50-46-20-18-16-14-12-10-8-6-4-2/h14,16,20,46,68,72,77-78,82-83H,3-13,15,17-19,21-45,47-67,69-71,73-76H2,1-2H3,(H,81,84)/b16-14-,46-20-,72-68+. The average molecular weight is 1210 g/mol. The molecule has 0 saturated carbocycles. The number of carbonyl (C=O) groups excluding carboxylic acids is 2. The molecular formula is C80H153NO5. The number of hydrogen-bond acceptors (Lipinski definition) is 5. The minimum atomic E-state index is -0.844. The largest absolute Gasteiger partial charge is 0.466 e. The number of carbonyl (C=O) groups is 2. The van der Waals surface area contributed by atoms with Crippen LogP contribution >= 0.6 is 0 Å². The monoisotopic (exact) mass is 1210 g/mol. The molecular weight excluding hydrogens is 1050 g/mol. The van der Waals surface area contributed by atoms with Gasteiger partial charge in [-0.15, -0.1) is 0 Å². The van der Waals surface area contributed by atoms with Gasteiger partial charge >= 0.3 is 5.97 Å². The molecule has 2 unspecified atom stereocenters. The van der Waals surface area contributed by atoms with Crippen LogP contribution < -0.4 is 5.32 Å². The van der Waals surface area contributed by atoms with E-state index in [-0.39, 0.29) is 18.5 Å². The molecule has 0 aromatic heterocycles. The lowest BCUT2D eigenvalue weighted by molar-refractivity contribution is -0.143. The third kappa shape index (κ3) is 71.2. The van der Waals surface area contributed by atoms with Gasteiger partial charge in [0.05, 0.1) is 25.4 Å². The highest BCUT2D eigenvalue weighted by molar-refractivity contribution is 5.76. The molecule has 0 aliphatic heterocycles. The maximum atomic E-state index is 12.6. The summed E-state index contributed by atoms with van der Waals surface area (Å²) in [4.78, 5) is 24.6. The zero-order valence-electron chi connectivity index (χ0n) is 58.3. The van der Waals surface area contributed by atoms with Gasteiger partial charge in [-0.1, -0.05) is 397 Å². The summed E-state index contributed by atoms with van der Waals surface area (Å²) in [6, 6.07) is -0.627. The number of ether oxygens (including phenoxy) is 1. The van der Waals surface area contributed by atoms with Crippen molar-refractivity contribution in [2.75, 3.05) is 13.2 Å². The first-order valence-electron chi connectivity index (χ1n) is 39.3. The van der Waals surface area contributed by atoms with Gasteiger partial charge in [0, 0.05) is 12.8 Å². The normalized spacial score (nSPS) is 12.7. The van der Waals surface area contributed by atoms with Crippen LogP contribution in [0.5, 0.6) is 0 Å². The smallest absolute Gasteiger partial charge is 0.305 e. The van der Waals surface area contributed by atoms with Crippen LogP contribution in [0, 0.1) is 0 Å². The topological polar surface area (TPSA) is 95.9 Å². The SMILES string of the molecule is CCCCCC/C=C\C/C=C\CCCCCCCC(=O)OCCCCCCCCCCCCCCCCCCCCCCCCCCCCCCC(=O)NC(CO)C(O)/C=C/CCCCCCCCCCCCCCCCCCCCCCCCC. The van der Waals surface area contributed by atoms with Crippen LogP contribution in [0.3, 0.4) is 0 Å². The van der Waals surface area contributed by atoms with E-state index >= 15 is 0 Å². The van der Waals surface area contributed by atoms with Gasteiger partial charge < -0.3 is 20.3 Å². The van der Waals surface area contributed by atoms with Gasteiger partial charge in [-0.25, -0.2) is 0 Å². The van der Waals surface area contributed by atoms with Crippen molar-refractivity contribution in [2.45, 2.75) is 450 Å². The molecule has 0 rings (SSSR count). The number of hydrogen-bond donors (Lipinski definition) is 3. The Kier molecular flexibility index (Phi) is 73.9. The minimum absolute atomic E-state index is 0.00575. The summed E-state index contributed by atoms with van der Waals surface area (Å²) in [7, 11) is 0. The molecule has 0 aliphatic carbocycles. The molecule has 0 aromatic rings. The van der Waals surface area contributed by atoms with Crippen molar-refractivity contribution in [3.63, 3.8) is 0 Å². The lowest BCUT2D eigenvalue weighted by Crippen LogP contribution is -2.45. The van der Waals surface area contributed by atoms with Crippen LogP contribution in [0.25, 0.3) is 0 Å². The summed E-state index contributed by atoms with van der Waals surface area (Å²) in [5.74, 6) is -0.0542. The molecule has 2 atom stereocenters. The molecule has 0 radical (unpaired) electrons. The highest BCUT2D eigenvalue weighted by Gasteiger charge is 2.18. The van der Waals surface area contributed by atoms with Crippen molar-refractivity contribution in [3.05, 3.63) is 36.5 Å². The lowest BCUT2D eigenvalue weighted by Gasteiger charge is -2.20. The molecule has 6 nitrogen and oxygen atoms in total. The second kappa shape index (κ2) is 75.5. The van der Waals surface area contributed by atoms with Crippen LogP contribution in [0.15, 0.2) is 36.5 Å². The van der Waals surface area contributed by atoms with E-state index in [1.165, 1.54) is 360 Å². The second-order valence-electron chi connectivity index (χ2n) is 27.0. The van der Waals surface area contributed by atoms with E-state index in [4.69, 9.17) is 4.74 Å². The molecule has 0 fully saturated rings. The van der Waals surface area contributed by atoms with E-state index in [2.05, 4.69) is 43.5 Å². The maximum absolute atomic E-state index is 12.6. The molecule has 508 valence electrons. The van der Waals surface area contributed by atoms with Crippen LogP contribution in [0.4, 0.5) is 0 Å². The number of aliphatic hydroxyl groups excluding tert-OH is 2. The van der Waals surface area contributed by atoms with Crippen molar-refractivity contribution in [1.29, 1.82) is 0 Å². The van der Waals surface area contributed by atoms with Gasteiger partial charge in [0.25, 0.3) is 0 Å². The summed E-state index contributed by atoms with van der Waals surface area (Å²) in [6.07, 6.45) is 98.3. The summed E-state index contributed by atoms with van der Waals surface area (Å²) >= 11 is 0. The van der Waals surface area contributed by atoms with Crippen molar-refractivity contribution >= 4 is 11.9 Å². The Hall–Kier alpha value is -1.92. The molecule has 0 heterocycles. The summed E-state index contributed by atoms with van der Waals surface area (Å²) in [5.41, 5.74) is 0. The fourth-order valence-corrected chi connectivity index (χ4v) is 12.4. The van der Waals surface area contributed by atoms with Gasteiger partial charge in [0.2, 0.25) is 5.91 Å². The van der Waals surface area contributed by atoms with Crippen molar-refractivity contribution in [1.82, 2.24) is 5.32 Å². The van der Waals surface area contributed by atoms with Crippen LogP contribution in [0.1, 0.15) is 438 Å².